The van der Waals surface area contributed by atoms with Crippen LogP contribution in [0, 0.1) is 0 Å². The topological polar surface area (TPSA) is 83.6 Å². The highest BCUT2D eigenvalue weighted by Gasteiger charge is 2.26. The molecule has 0 bridgehead atoms. The van der Waals surface area contributed by atoms with Gasteiger partial charge < -0.3 is 9.40 Å². The predicted molar refractivity (Wildman–Crippen MR) is 145 cm³/mol. The van der Waals surface area contributed by atoms with Crippen molar-refractivity contribution >= 4 is 49.3 Å². The second-order valence-corrected chi connectivity index (χ2v) is 10.0. The number of furan rings is 1. The van der Waals surface area contributed by atoms with Gasteiger partial charge in [0.2, 0.25) is 0 Å². The molecule has 3 aromatic heterocycles. The van der Waals surface area contributed by atoms with Crippen LogP contribution in [0.15, 0.2) is 106 Å². The molecule has 7 aromatic rings. The minimum atomic E-state index is -0.517. The highest BCUT2D eigenvalue weighted by atomic mass is 32.1. The molecular weight excluding hydrogens is 480 g/mol. The van der Waals surface area contributed by atoms with Crippen molar-refractivity contribution in [1.29, 1.82) is 0 Å². The number of imidazole rings is 1. The van der Waals surface area contributed by atoms with Crippen molar-refractivity contribution < 1.29 is 9.21 Å². The molecule has 7 heteroatoms. The fourth-order valence-electron chi connectivity index (χ4n) is 5.11. The Morgan fingerprint density at radius 3 is 2.51 bits per heavy atom. The van der Waals surface area contributed by atoms with Gasteiger partial charge in [0.25, 0.3) is 0 Å². The number of hydrogen-bond acceptors (Lipinski definition) is 4. The van der Waals surface area contributed by atoms with Gasteiger partial charge in [0.15, 0.2) is 0 Å². The maximum atomic E-state index is 12.5. The van der Waals surface area contributed by atoms with E-state index in [0.29, 0.717) is 27.9 Å². The minimum Gasteiger partial charge on any atom is -0.463 e. The van der Waals surface area contributed by atoms with E-state index in [4.69, 9.17) is 9.40 Å². The first-order valence-corrected chi connectivity index (χ1v) is 12.6. The number of aromatic nitrogens is 2. The van der Waals surface area contributed by atoms with Gasteiger partial charge in [-0.05, 0) is 35.7 Å². The standard InChI is InChI=1S/C30H16N4O2S/c35-30-33-22-14-19(24-13-16-7-2-6-12-23(16)37-24)25(28-18-9-3-1-8-17(18)15-36-28)26(27(22)34-30)29-31-20-10-4-5-11-21(20)32-29/h1-15H,(H,31,32). The number of rotatable bonds is 3. The zero-order chi connectivity index (χ0) is 24.5. The largest absolute Gasteiger partial charge is 0.463 e. The van der Waals surface area contributed by atoms with E-state index >= 15 is 0 Å². The van der Waals surface area contributed by atoms with E-state index in [-0.39, 0.29) is 0 Å². The number of thiophene rings is 1. The van der Waals surface area contributed by atoms with E-state index < -0.39 is 6.03 Å². The summed E-state index contributed by atoms with van der Waals surface area (Å²) in [4.78, 5) is 30.4. The normalized spacial score (nSPS) is 12.8. The van der Waals surface area contributed by atoms with Crippen molar-refractivity contribution in [2.45, 2.75) is 0 Å². The van der Waals surface area contributed by atoms with E-state index in [1.54, 1.807) is 17.6 Å². The van der Waals surface area contributed by atoms with E-state index in [1.807, 2.05) is 66.7 Å². The number of fused-ring (bicyclic) bond motifs is 4. The molecule has 37 heavy (non-hydrogen) atoms. The molecule has 0 saturated carbocycles. The molecule has 4 aromatic carbocycles. The van der Waals surface area contributed by atoms with E-state index in [2.05, 4.69) is 33.2 Å². The SMILES string of the molecule is O=C1N=c2cc(-c3cc4ccccc4s3)c(-c3occ4ccccc34)c(-c3nc4ccccc4[nH]3)c2=N1. The average Bonchev–Trinajstić information content (AvgIpc) is 3.70. The number of urea groups is 1. The molecule has 174 valence electrons. The van der Waals surface area contributed by atoms with Gasteiger partial charge in [0, 0.05) is 31.5 Å². The zero-order valence-corrected chi connectivity index (χ0v) is 20.0. The molecule has 0 radical (unpaired) electrons. The number of H-pyrrole nitrogens is 1. The third kappa shape index (κ3) is 3.04. The van der Waals surface area contributed by atoms with E-state index in [9.17, 15) is 4.79 Å². The van der Waals surface area contributed by atoms with Crippen molar-refractivity contribution in [2.75, 3.05) is 0 Å². The number of hydrogen-bond donors (Lipinski definition) is 1. The van der Waals surface area contributed by atoms with Crippen LogP contribution in [0.2, 0.25) is 0 Å². The second kappa shape index (κ2) is 7.56. The van der Waals surface area contributed by atoms with Crippen molar-refractivity contribution in [1.82, 2.24) is 9.97 Å². The molecule has 0 saturated heterocycles. The molecule has 1 aliphatic heterocycles. The van der Waals surface area contributed by atoms with Crippen molar-refractivity contribution in [3.63, 3.8) is 0 Å². The van der Waals surface area contributed by atoms with Gasteiger partial charge in [-0.25, -0.2) is 9.78 Å². The number of carbonyl (C=O) groups is 1. The second-order valence-electron chi connectivity index (χ2n) is 8.95. The minimum absolute atomic E-state index is 0.504. The van der Waals surface area contributed by atoms with Gasteiger partial charge in [-0.3, -0.25) is 0 Å². The summed E-state index contributed by atoms with van der Waals surface area (Å²) in [5.74, 6) is 1.32. The molecule has 1 aliphatic rings. The Labute approximate surface area is 213 Å². The van der Waals surface area contributed by atoms with Crippen molar-refractivity contribution in [3.05, 3.63) is 102 Å². The van der Waals surface area contributed by atoms with E-state index in [0.717, 1.165) is 43.2 Å². The molecule has 4 heterocycles. The summed E-state index contributed by atoms with van der Waals surface area (Å²) in [6.07, 6.45) is 1.77. The maximum Gasteiger partial charge on any atom is 0.368 e. The van der Waals surface area contributed by atoms with Gasteiger partial charge in [0.05, 0.1) is 28.2 Å². The van der Waals surface area contributed by atoms with Crippen LogP contribution in [0.3, 0.4) is 0 Å². The number of nitrogens with one attached hydrogen (secondary N) is 1. The van der Waals surface area contributed by atoms with Gasteiger partial charge in [-0.15, -0.1) is 11.3 Å². The Morgan fingerprint density at radius 1 is 0.811 bits per heavy atom. The number of aromatic amines is 1. The molecule has 0 aliphatic carbocycles. The van der Waals surface area contributed by atoms with Crippen LogP contribution in [0.4, 0.5) is 4.79 Å². The van der Waals surface area contributed by atoms with Gasteiger partial charge in [-0.2, -0.15) is 9.98 Å². The summed E-state index contributed by atoms with van der Waals surface area (Å²) in [6, 6.07) is 27.8. The summed E-state index contributed by atoms with van der Waals surface area (Å²) in [5, 5.41) is 4.16. The van der Waals surface area contributed by atoms with Crippen LogP contribution < -0.4 is 10.7 Å². The Bertz CT molecular complexity index is 2120. The summed E-state index contributed by atoms with van der Waals surface area (Å²) in [5.41, 5.74) is 4.18. The molecule has 0 fully saturated rings. The number of nitrogens with zero attached hydrogens (tertiary/aromatic N) is 3. The van der Waals surface area contributed by atoms with Crippen LogP contribution in [-0.4, -0.2) is 16.0 Å². The summed E-state index contributed by atoms with van der Waals surface area (Å²) < 4.78 is 7.44. The van der Waals surface area contributed by atoms with Gasteiger partial charge >= 0.3 is 6.03 Å². The Hall–Kier alpha value is -4.88. The molecule has 1 N–H and O–H groups in total. The molecule has 0 spiro atoms. The van der Waals surface area contributed by atoms with Gasteiger partial charge in [0.1, 0.15) is 16.9 Å². The average molecular weight is 497 g/mol. The number of carbonyl (C=O) groups excluding carboxylic acids is 1. The fraction of sp³-hybridized carbons (Fsp3) is 0. The predicted octanol–water partition coefficient (Wildman–Crippen LogP) is 6.90. The number of benzene rings is 4. The van der Waals surface area contributed by atoms with Crippen molar-refractivity contribution in [3.8, 4) is 33.2 Å². The first kappa shape index (κ1) is 20.3. The number of para-hydroxylation sites is 2. The Kier molecular flexibility index (Phi) is 4.15. The van der Waals surface area contributed by atoms with E-state index in [1.165, 1.54) is 4.70 Å². The molecule has 0 unspecified atom stereocenters. The van der Waals surface area contributed by atoms with Crippen LogP contribution in [0.5, 0.6) is 0 Å². The third-order valence-electron chi connectivity index (χ3n) is 6.76. The zero-order valence-electron chi connectivity index (χ0n) is 19.2. The molecule has 8 rings (SSSR count). The van der Waals surface area contributed by atoms with Crippen LogP contribution >= 0.6 is 11.3 Å². The maximum absolute atomic E-state index is 12.5. The quantitative estimate of drug-likeness (QED) is 0.289. The molecule has 0 atom stereocenters. The lowest BCUT2D eigenvalue weighted by Gasteiger charge is -2.12. The first-order valence-electron chi connectivity index (χ1n) is 11.8. The van der Waals surface area contributed by atoms with Crippen LogP contribution in [-0.2, 0) is 0 Å². The fourth-order valence-corrected chi connectivity index (χ4v) is 6.20. The Balaban J connectivity index is 1.56. The smallest absolute Gasteiger partial charge is 0.368 e. The number of amides is 2. The lowest BCUT2D eigenvalue weighted by atomic mass is 9.94. The lowest BCUT2D eigenvalue weighted by molar-refractivity contribution is 0.256. The Morgan fingerprint density at radius 2 is 1.62 bits per heavy atom. The van der Waals surface area contributed by atoms with Crippen molar-refractivity contribution in [2.24, 2.45) is 9.98 Å². The van der Waals surface area contributed by atoms with Crippen LogP contribution in [0.25, 0.3) is 65.0 Å². The summed E-state index contributed by atoms with van der Waals surface area (Å²) in [7, 11) is 0. The lowest BCUT2D eigenvalue weighted by Crippen LogP contribution is -2.26. The monoisotopic (exact) mass is 496 g/mol. The molecular formula is C30H16N4O2S. The first-order chi connectivity index (χ1) is 18.2. The van der Waals surface area contributed by atoms with Crippen LogP contribution in [0.1, 0.15) is 0 Å². The highest BCUT2D eigenvalue weighted by molar-refractivity contribution is 7.22. The molecule has 2 amide bonds. The van der Waals surface area contributed by atoms with Gasteiger partial charge in [-0.1, -0.05) is 54.6 Å². The summed E-state index contributed by atoms with van der Waals surface area (Å²) >= 11 is 1.69. The highest BCUT2D eigenvalue weighted by Crippen LogP contribution is 2.44. The molecule has 6 nitrogen and oxygen atoms in total. The summed E-state index contributed by atoms with van der Waals surface area (Å²) in [6.45, 7) is 0. The third-order valence-corrected chi connectivity index (χ3v) is 7.91.